The van der Waals surface area contributed by atoms with E-state index in [1.807, 2.05) is 47.9 Å². The van der Waals surface area contributed by atoms with Crippen molar-refractivity contribution in [3.63, 3.8) is 0 Å². The summed E-state index contributed by atoms with van der Waals surface area (Å²) in [5.41, 5.74) is 4.85. The van der Waals surface area contributed by atoms with Gasteiger partial charge in [-0.15, -0.1) is 0 Å². The van der Waals surface area contributed by atoms with Gasteiger partial charge in [-0.05, 0) is 36.8 Å². The van der Waals surface area contributed by atoms with Gasteiger partial charge in [0.15, 0.2) is 0 Å². The number of aliphatic hydroxyl groups is 1. The molecular formula is C16H16N2O2. The van der Waals surface area contributed by atoms with Gasteiger partial charge in [-0.3, -0.25) is 4.57 Å². The highest BCUT2D eigenvalue weighted by Crippen LogP contribution is 2.27. The number of hydrogen-bond donors (Lipinski definition) is 1. The van der Waals surface area contributed by atoms with Crippen LogP contribution in [-0.2, 0) is 6.61 Å². The standard InChI is InChI=1S/C16H16N2O2/c1-11-14(4-3-5-16(11)20-2)18-10-17-13-7-6-12(9-19)8-15(13)18/h3-8,10,19H,9H2,1-2H3. The molecule has 0 spiro atoms. The Morgan fingerprint density at radius 3 is 2.85 bits per heavy atom. The number of benzene rings is 2. The molecule has 0 aliphatic rings. The number of ether oxygens (including phenoxy) is 1. The molecule has 4 heteroatoms. The molecule has 1 heterocycles. The van der Waals surface area contributed by atoms with Crippen molar-refractivity contribution in [1.29, 1.82) is 0 Å². The third-order valence-electron chi connectivity index (χ3n) is 3.53. The summed E-state index contributed by atoms with van der Waals surface area (Å²) in [7, 11) is 1.67. The van der Waals surface area contributed by atoms with E-state index in [4.69, 9.17) is 4.74 Å². The van der Waals surface area contributed by atoms with E-state index in [-0.39, 0.29) is 6.61 Å². The van der Waals surface area contributed by atoms with Crippen molar-refractivity contribution in [3.8, 4) is 11.4 Å². The predicted molar refractivity (Wildman–Crippen MR) is 78.3 cm³/mol. The molecule has 20 heavy (non-hydrogen) atoms. The Labute approximate surface area is 117 Å². The highest BCUT2D eigenvalue weighted by Gasteiger charge is 2.10. The third kappa shape index (κ3) is 1.94. The SMILES string of the molecule is COc1cccc(-n2cnc3ccc(CO)cc32)c1C. The fourth-order valence-corrected chi connectivity index (χ4v) is 2.43. The molecule has 0 radical (unpaired) electrons. The Balaban J connectivity index is 2.24. The van der Waals surface area contributed by atoms with Crippen molar-refractivity contribution >= 4 is 11.0 Å². The molecular weight excluding hydrogens is 252 g/mol. The van der Waals surface area contributed by atoms with Gasteiger partial charge in [-0.2, -0.15) is 0 Å². The molecule has 0 saturated heterocycles. The zero-order valence-electron chi connectivity index (χ0n) is 11.5. The van der Waals surface area contributed by atoms with Crippen LogP contribution in [0.25, 0.3) is 16.7 Å². The van der Waals surface area contributed by atoms with E-state index in [1.165, 1.54) is 0 Å². The van der Waals surface area contributed by atoms with E-state index in [9.17, 15) is 5.11 Å². The molecule has 0 fully saturated rings. The van der Waals surface area contributed by atoms with E-state index >= 15 is 0 Å². The fraction of sp³-hybridized carbons (Fsp3) is 0.188. The summed E-state index contributed by atoms with van der Waals surface area (Å²) in [4.78, 5) is 4.41. The minimum Gasteiger partial charge on any atom is -0.496 e. The second-order valence-electron chi connectivity index (χ2n) is 4.70. The van der Waals surface area contributed by atoms with E-state index < -0.39 is 0 Å². The summed E-state index contributed by atoms with van der Waals surface area (Å²) < 4.78 is 7.39. The van der Waals surface area contributed by atoms with Crippen LogP contribution in [-0.4, -0.2) is 21.8 Å². The van der Waals surface area contributed by atoms with Crippen molar-refractivity contribution in [2.45, 2.75) is 13.5 Å². The van der Waals surface area contributed by atoms with Crippen LogP contribution < -0.4 is 4.74 Å². The molecule has 1 N–H and O–H groups in total. The normalized spacial score (nSPS) is 10.9. The number of hydrogen-bond acceptors (Lipinski definition) is 3. The van der Waals surface area contributed by atoms with Crippen molar-refractivity contribution in [3.05, 3.63) is 53.9 Å². The number of aliphatic hydroxyl groups excluding tert-OH is 1. The van der Waals surface area contributed by atoms with E-state index in [0.29, 0.717) is 0 Å². The fourth-order valence-electron chi connectivity index (χ4n) is 2.43. The number of imidazole rings is 1. The largest absolute Gasteiger partial charge is 0.496 e. The molecule has 0 bridgehead atoms. The lowest BCUT2D eigenvalue weighted by Crippen LogP contribution is -1.98. The second-order valence-corrected chi connectivity index (χ2v) is 4.70. The summed E-state index contributed by atoms with van der Waals surface area (Å²) in [6.45, 7) is 2.05. The van der Waals surface area contributed by atoms with Gasteiger partial charge in [0.2, 0.25) is 0 Å². The molecule has 0 saturated carbocycles. The first kappa shape index (κ1) is 12.7. The van der Waals surface area contributed by atoms with Crippen LogP contribution in [0.1, 0.15) is 11.1 Å². The van der Waals surface area contributed by atoms with Gasteiger partial charge < -0.3 is 9.84 Å². The van der Waals surface area contributed by atoms with Crippen molar-refractivity contribution in [2.24, 2.45) is 0 Å². The maximum absolute atomic E-state index is 9.28. The van der Waals surface area contributed by atoms with Crippen LogP contribution >= 0.6 is 0 Å². The van der Waals surface area contributed by atoms with Crippen molar-refractivity contribution < 1.29 is 9.84 Å². The van der Waals surface area contributed by atoms with Crippen LogP contribution in [0.5, 0.6) is 5.75 Å². The predicted octanol–water partition coefficient (Wildman–Crippen LogP) is 2.83. The zero-order valence-corrected chi connectivity index (χ0v) is 11.5. The van der Waals surface area contributed by atoms with Crippen molar-refractivity contribution in [2.75, 3.05) is 7.11 Å². The van der Waals surface area contributed by atoms with Gasteiger partial charge in [0.25, 0.3) is 0 Å². The van der Waals surface area contributed by atoms with Crippen LogP contribution in [0.2, 0.25) is 0 Å². The summed E-state index contributed by atoms with van der Waals surface area (Å²) in [6.07, 6.45) is 1.80. The average molecular weight is 268 g/mol. The maximum atomic E-state index is 9.28. The molecule has 0 amide bonds. The number of aromatic nitrogens is 2. The lowest BCUT2D eigenvalue weighted by molar-refractivity contribution is 0.282. The summed E-state index contributed by atoms with van der Waals surface area (Å²) in [5.74, 6) is 0.850. The maximum Gasteiger partial charge on any atom is 0.123 e. The summed E-state index contributed by atoms with van der Waals surface area (Å²) in [6, 6.07) is 11.7. The van der Waals surface area contributed by atoms with Gasteiger partial charge in [0.1, 0.15) is 12.1 Å². The monoisotopic (exact) mass is 268 g/mol. The molecule has 2 aromatic carbocycles. The molecule has 0 aliphatic carbocycles. The Morgan fingerprint density at radius 1 is 1.25 bits per heavy atom. The average Bonchev–Trinajstić information content (AvgIpc) is 2.90. The molecule has 3 rings (SSSR count). The topological polar surface area (TPSA) is 47.3 Å². The van der Waals surface area contributed by atoms with Gasteiger partial charge in [0.05, 0.1) is 30.4 Å². The third-order valence-corrected chi connectivity index (χ3v) is 3.53. The molecule has 102 valence electrons. The Kier molecular flexibility index (Phi) is 3.16. The minimum atomic E-state index is 0.0260. The van der Waals surface area contributed by atoms with Crippen LogP contribution in [0, 0.1) is 6.92 Å². The van der Waals surface area contributed by atoms with Crippen molar-refractivity contribution in [1.82, 2.24) is 9.55 Å². The van der Waals surface area contributed by atoms with Crippen LogP contribution in [0.4, 0.5) is 0 Å². The van der Waals surface area contributed by atoms with Crippen LogP contribution in [0.15, 0.2) is 42.7 Å². The quantitative estimate of drug-likeness (QED) is 0.794. The zero-order chi connectivity index (χ0) is 14.1. The molecule has 3 aromatic rings. The van der Waals surface area contributed by atoms with Crippen LogP contribution in [0.3, 0.4) is 0 Å². The molecule has 4 nitrogen and oxygen atoms in total. The first-order valence-corrected chi connectivity index (χ1v) is 6.45. The Bertz CT molecular complexity index is 762. The second kappa shape index (κ2) is 4.98. The minimum absolute atomic E-state index is 0.0260. The highest BCUT2D eigenvalue weighted by atomic mass is 16.5. The first-order valence-electron chi connectivity index (χ1n) is 6.45. The number of nitrogens with zero attached hydrogens (tertiary/aromatic N) is 2. The lowest BCUT2D eigenvalue weighted by atomic mass is 10.1. The molecule has 0 atom stereocenters. The molecule has 0 aliphatic heterocycles. The number of methoxy groups -OCH3 is 1. The summed E-state index contributed by atoms with van der Waals surface area (Å²) in [5, 5.41) is 9.28. The molecule has 0 unspecified atom stereocenters. The van der Waals surface area contributed by atoms with E-state index in [1.54, 1.807) is 13.4 Å². The number of fused-ring (bicyclic) bond motifs is 1. The lowest BCUT2D eigenvalue weighted by Gasteiger charge is -2.12. The van der Waals surface area contributed by atoms with Gasteiger partial charge >= 0.3 is 0 Å². The van der Waals surface area contributed by atoms with E-state index in [0.717, 1.165) is 33.6 Å². The smallest absolute Gasteiger partial charge is 0.123 e. The Hall–Kier alpha value is -2.33. The summed E-state index contributed by atoms with van der Waals surface area (Å²) >= 11 is 0. The number of rotatable bonds is 3. The highest BCUT2D eigenvalue weighted by molar-refractivity contribution is 5.78. The van der Waals surface area contributed by atoms with Gasteiger partial charge in [-0.1, -0.05) is 12.1 Å². The Morgan fingerprint density at radius 2 is 2.10 bits per heavy atom. The van der Waals surface area contributed by atoms with E-state index in [2.05, 4.69) is 4.98 Å². The van der Waals surface area contributed by atoms with Gasteiger partial charge in [-0.25, -0.2) is 4.98 Å². The first-order chi connectivity index (χ1) is 9.74. The van der Waals surface area contributed by atoms with Gasteiger partial charge in [0, 0.05) is 5.56 Å². The molecule has 1 aromatic heterocycles.